The fourth-order valence-electron chi connectivity index (χ4n) is 4.15. The summed E-state index contributed by atoms with van der Waals surface area (Å²) in [7, 11) is 0. The first kappa shape index (κ1) is 18.5. The van der Waals surface area contributed by atoms with Crippen molar-refractivity contribution >= 4 is 17.4 Å². The van der Waals surface area contributed by atoms with Crippen molar-refractivity contribution in [2.45, 2.75) is 37.8 Å². The van der Waals surface area contributed by atoms with Gasteiger partial charge in [-0.15, -0.1) is 0 Å². The molecule has 1 aliphatic carbocycles. The van der Waals surface area contributed by atoms with Crippen LogP contribution in [-0.2, 0) is 15.8 Å². The standard InChI is InChI=1S/C22H18F3NO2/c23-22(24,25)16-9-4-5-10-17(16)26-18-11-6-12-19(27)21(18)15(13-20(26)28)14-7-2-1-3-8-14/h1-5,7-10,15H,6,11-13H2. The topological polar surface area (TPSA) is 37.4 Å². The number of carbonyl (C=O) groups excluding carboxylic acids is 2. The van der Waals surface area contributed by atoms with Gasteiger partial charge in [-0.2, -0.15) is 13.2 Å². The van der Waals surface area contributed by atoms with Crippen LogP contribution in [0.5, 0.6) is 0 Å². The number of anilines is 1. The second kappa shape index (κ2) is 6.93. The third-order valence-electron chi connectivity index (χ3n) is 5.33. The van der Waals surface area contributed by atoms with Crippen LogP contribution in [0.15, 0.2) is 65.9 Å². The fourth-order valence-corrected chi connectivity index (χ4v) is 4.15. The molecule has 0 fully saturated rings. The molecule has 28 heavy (non-hydrogen) atoms. The summed E-state index contributed by atoms with van der Waals surface area (Å²) >= 11 is 0. The largest absolute Gasteiger partial charge is 0.418 e. The maximum absolute atomic E-state index is 13.6. The van der Waals surface area contributed by atoms with E-state index in [9.17, 15) is 22.8 Å². The molecule has 6 heteroatoms. The first-order valence-corrected chi connectivity index (χ1v) is 9.18. The first-order valence-electron chi connectivity index (χ1n) is 9.18. The summed E-state index contributed by atoms with van der Waals surface area (Å²) in [5.41, 5.74) is 0.662. The highest BCUT2D eigenvalue weighted by Crippen LogP contribution is 2.46. The highest BCUT2D eigenvalue weighted by molar-refractivity contribution is 6.07. The third-order valence-corrected chi connectivity index (χ3v) is 5.33. The summed E-state index contributed by atoms with van der Waals surface area (Å²) in [4.78, 5) is 26.9. The van der Waals surface area contributed by atoms with Crippen molar-refractivity contribution in [3.8, 4) is 0 Å². The molecule has 0 bridgehead atoms. The number of Topliss-reactive ketones (excluding diaryl/α,β-unsaturated/α-hetero) is 1. The van der Waals surface area contributed by atoms with Crippen LogP contribution < -0.4 is 4.90 Å². The smallest absolute Gasteiger partial charge is 0.294 e. The Hall–Kier alpha value is -2.89. The maximum Gasteiger partial charge on any atom is 0.418 e. The molecule has 1 aliphatic heterocycles. The molecule has 4 rings (SSSR count). The molecule has 2 aromatic carbocycles. The zero-order valence-corrected chi connectivity index (χ0v) is 15.0. The van der Waals surface area contributed by atoms with Crippen molar-refractivity contribution in [1.29, 1.82) is 0 Å². The van der Waals surface area contributed by atoms with E-state index in [1.165, 1.54) is 18.2 Å². The lowest BCUT2D eigenvalue weighted by Gasteiger charge is -2.39. The second-order valence-electron chi connectivity index (χ2n) is 7.05. The Balaban J connectivity index is 1.90. The number of hydrogen-bond acceptors (Lipinski definition) is 2. The number of hydrogen-bond donors (Lipinski definition) is 0. The van der Waals surface area contributed by atoms with Crippen LogP contribution in [0, 0.1) is 0 Å². The van der Waals surface area contributed by atoms with E-state index in [0.717, 1.165) is 16.5 Å². The molecule has 2 aliphatic rings. The van der Waals surface area contributed by atoms with E-state index in [0.29, 0.717) is 30.5 Å². The Morgan fingerprint density at radius 1 is 0.893 bits per heavy atom. The minimum Gasteiger partial charge on any atom is -0.294 e. The molecule has 2 aromatic rings. The molecule has 3 nitrogen and oxygen atoms in total. The van der Waals surface area contributed by atoms with Gasteiger partial charge in [-0.25, -0.2) is 0 Å². The van der Waals surface area contributed by atoms with Crippen molar-refractivity contribution < 1.29 is 22.8 Å². The Kier molecular flexibility index (Phi) is 4.57. The van der Waals surface area contributed by atoms with E-state index in [1.807, 2.05) is 30.3 Å². The number of benzene rings is 2. The summed E-state index contributed by atoms with van der Waals surface area (Å²) in [5, 5.41) is 0. The van der Waals surface area contributed by atoms with Crippen LogP contribution in [0.2, 0.25) is 0 Å². The number of amides is 1. The van der Waals surface area contributed by atoms with E-state index in [4.69, 9.17) is 0 Å². The van der Waals surface area contributed by atoms with Gasteiger partial charge < -0.3 is 0 Å². The number of ketones is 1. The molecule has 0 saturated carbocycles. The summed E-state index contributed by atoms with van der Waals surface area (Å²) in [6, 6.07) is 14.3. The van der Waals surface area contributed by atoms with Gasteiger partial charge in [-0.3, -0.25) is 14.5 Å². The van der Waals surface area contributed by atoms with Gasteiger partial charge in [-0.1, -0.05) is 42.5 Å². The molecule has 1 atom stereocenters. The van der Waals surface area contributed by atoms with Crippen LogP contribution in [0.4, 0.5) is 18.9 Å². The highest BCUT2D eigenvalue weighted by Gasteiger charge is 2.43. The SMILES string of the molecule is O=C1CCCC2=C1C(c1ccccc1)CC(=O)N2c1ccccc1C(F)(F)F. The first-order chi connectivity index (χ1) is 13.4. The minimum absolute atomic E-state index is 0.0270. The van der Waals surface area contributed by atoms with Crippen LogP contribution in [-0.4, -0.2) is 11.7 Å². The molecule has 0 aromatic heterocycles. The molecule has 0 saturated heterocycles. The number of nitrogens with zero attached hydrogens (tertiary/aromatic N) is 1. The van der Waals surface area contributed by atoms with Gasteiger partial charge >= 0.3 is 6.18 Å². The molecule has 1 amide bonds. The minimum atomic E-state index is -4.59. The predicted octanol–water partition coefficient (Wildman–Crippen LogP) is 5.23. The van der Waals surface area contributed by atoms with Crippen molar-refractivity contribution in [3.05, 3.63) is 77.0 Å². The summed E-state index contributed by atoms with van der Waals surface area (Å²) in [6.45, 7) is 0. The van der Waals surface area contributed by atoms with Gasteiger partial charge in [0.05, 0.1) is 11.3 Å². The van der Waals surface area contributed by atoms with Gasteiger partial charge in [0, 0.05) is 30.0 Å². The summed E-state index contributed by atoms with van der Waals surface area (Å²) in [6.07, 6.45) is -3.34. The Bertz CT molecular complexity index is 963. The molecular formula is C22H18F3NO2. The molecule has 0 N–H and O–H groups in total. The van der Waals surface area contributed by atoms with Gasteiger partial charge in [0.15, 0.2) is 5.78 Å². The second-order valence-corrected chi connectivity index (χ2v) is 7.05. The average molecular weight is 385 g/mol. The lowest BCUT2D eigenvalue weighted by atomic mass is 9.77. The fraction of sp³-hybridized carbons (Fsp3) is 0.273. The van der Waals surface area contributed by atoms with Crippen molar-refractivity contribution in [2.75, 3.05) is 4.90 Å². The van der Waals surface area contributed by atoms with Crippen molar-refractivity contribution in [3.63, 3.8) is 0 Å². The zero-order chi connectivity index (χ0) is 19.9. The number of carbonyl (C=O) groups is 2. The van der Waals surface area contributed by atoms with Crippen molar-refractivity contribution in [2.24, 2.45) is 0 Å². The van der Waals surface area contributed by atoms with Gasteiger partial charge in [0.25, 0.3) is 0 Å². The highest BCUT2D eigenvalue weighted by atomic mass is 19.4. The van der Waals surface area contributed by atoms with E-state index < -0.39 is 23.6 Å². The Labute approximate surface area is 160 Å². The van der Waals surface area contributed by atoms with E-state index >= 15 is 0 Å². The number of alkyl halides is 3. The molecule has 1 unspecified atom stereocenters. The van der Waals surface area contributed by atoms with Crippen LogP contribution in [0.1, 0.15) is 42.7 Å². The van der Waals surface area contributed by atoms with Crippen LogP contribution >= 0.6 is 0 Å². The van der Waals surface area contributed by atoms with Gasteiger partial charge in [-0.05, 0) is 30.5 Å². The number of halogens is 3. The number of allylic oxidation sites excluding steroid dienone is 2. The molecule has 0 spiro atoms. The Morgan fingerprint density at radius 3 is 2.29 bits per heavy atom. The quantitative estimate of drug-likeness (QED) is 0.710. The molecule has 144 valence electrons. The zero-order valence-electron chi connectivity index (χ0n) is 15.0. The lowest BCUT2D eigenvalue weighted by Crippen LogP contribution is -2.41. The third kappa shape index (κ3) is 3.13. The Morgan fingerprint density at radius 2 is 1.57 bits per heavy atom. The van der Waals surface area contributed by atoms with E-state index in [1.54, 1.807) is 0 Å². The van der Waals surface area contributed by atoms with Gasteiger partial charge in [0.2, 0.25) is 5.91 Å². The van der Waals surface area contributed by atoms with Gasteiger partial charge in [0.1, 0.15) is 0 Å². The molecule has 0 radical (unpaired) electrons. The molecule has 1 heterocycles. The summed E-state index contributed by atoms with van der Waals surface area (Å²) in [5.74, 6) is -0.915. The van der Waals surface area contributed by atoms with E-state index in [-0.39, 0.29) is 17.9 Å². The normalized spacial score (nSPS) is 20.4. The average Bonchev–Trinajstić information content (AvgIpc) is 2.67. The molecular weight excluding hydrogens is 367 g/mol. The van der Waals surface area contributed by atoms with Crippen molar-refractivity contribution in [1.82, 2.24) is 0 Å². The number of rotatable bonds is 2. The lowest BCUT2D eigenvalue weighted by molar-refractivity contribution is -0.137. The van der Waals surface area contributed by atoms with Crippen LogP contribution in [0.25, 0.3) is 0 Å². The van der Waals surface area contributed by atoms with E-state index in [2.05, 4.69) is 0 Å². The maximum atomic E-state index is 13.6. The van der Waals surface area contributed by atoms with Crippen LogP contribution in [0.3, 0.4) is 0 Å². The predicted molar refractivity (Wildman–Crippen MR) is 98.6 cm³/mol. The summed E-state index contributed by atoms with van der Waals surface area (Å²) < 4.78 is 40.7. The monoisotopic (exact) mass is 385 g/mol. The number of para-hydroxylation sites is 1.